The topological polar surface area (TPSA) is 29.4 Å². The van der Waals surface area contributed by atoms with Crippen molar-refractivity contribution in [2.75, 3.05) is 6.54 Å². The molecule has 0 aromatic heterocycles. The molecule has 26 heavy (non-hydrogen) atoms. The molecule has 0 aliphatic heterocycles. The molecule has 2 nitrogen and oxygen atoms in total. The lowest BCUT2D eigenvalue weighted by molar-refractivity contribution is -0.127. The Bertz CT molecular complexity index is 647. The summed E-state index contributed by atoms with van der Waals surface area (Å²) >= 11 is 0. The van der Waals surface area contributed by atoms with Gasteiger partial charge in [0.2, 0.25) is 0 Å². The van der Waals surface area contributed by atoms with E-state index in [1.54, 1.807) is 5.57 Å². The highest BCUT2D eigenvalue weighted by molar-refractivity contribution is 5.96. The van der Waals surface area contributed by atoms with E-state index in [0.29, 0.717) is 17.1 Å². The average Bonchev–Trinajstić information content (AvgIpc) is 2.97. The molecule has 0 saturated heterocycles. The summed E-state index contributed by atoms with van der Waals surface area (Å²) in [7, 11) is 0. The molecule has 6 unspecified atom stereocenters. The minimum Gasteiger partial charge on any atom is -0.300 e. The number of Topliss-reactive ketones (excluding diaryl/α,β-unsaturated/α-hetero) is 1. The lowest BCUT2D eigenvalue weighted by atomic mass is 9.46. The molecule has 6 atom stereocenters. The molecule has 0 N–H and O–H groups in total. The summed E-state index contributed by atoms with van der Waals surface area (Å²) in [6.45, 7) is 10.0. The molecule has 3 fully saturated rings. The smallest absolute Gasteiger partial charge is 0.133 e. The minimum absolute atomic E-state index is 0.285. The highest BCUT2D eigenvalue weighted by Crippen LogP contribution is 2.66. The number of nitrogens with zero attached hydrogens (tertiary/aromatic N) is 1. The van der Waals surface area contributed by atoms with E-state index >= 15 is 0 Å². The zero-order valence-corrected chi connectivity index (χ0v) is 17.3. The largest absolute Gasteiger partial charge is 0.300 e. The normalized spacial score (nSPS) is 46.3. The standard InChI is InChI=1S/C24H37NO/c1-5-14-25-18-10-12-23(3)17(15-18)6-7-19-21-9-8-20(16(2)26)24(21,4)13-11-22(19)23/h15,19-22H,5-14H2,1-4H3. The van der Waals surface area contributed by atoms with Gasteiger partial charge in [-0.3, -0.25) is 9.79 Å². The van der Waals surface area contributed by atoms with Crippen molar-refractivity contribution in [3.8, 4) is 0 Å². The SMILES string of the molecule is CCCN=C1C=C2CCC3C(CCC4(C)C(C(C)=O)CCC34)C2(C)CC1. The third-order valence-electron chi connectivity index (χ3n) is 9.01. The Labute approximate surface area is 159 Å². The number of ketones is 1. The van der Waals surface area contributed by atoms with Crippen LogP contribution in [-0.4, -0.2) is 18.0 Å². The van der Waals surface area contributed by atoms with E-state index in [2.05, 4.69) is 26.8 Å². The van der Waals surface area contributed by atoms with Gasteiger partial charge in [-0.15, -0.1) is 0 Å². The van der Waals surface area contributed by atoms with E-state index in [4.69, 9.17) is 4.99 Å². The molecule has 0 bridgehead atoms. The fourth-order valence-corrected chi connectivity index (χ4v) is 7.62. The summed E-state index contributed by atoms with van der Waals surface area (Å²) in [5.41, 5.74) is 3.73. The van der Waals surface area contributed by atoms with Crippen molar-refractivity contribution in [3.63, 3.8) is 0 Å². The predicted octanol–water partition coefficient (Wildman–Crippen LogP) is 6.01. The van der Waals surface area contributed by atoms with Crippen LogP contribution in [0.4, 0.5) is 0 Å². The molecule has 4 aliphatic carbocycles. The highest BCUT2D eigenvalue weighted by atomic mass is 16.1. The second-order valence-electron chi connectivity index (χ2n) is 10.2. The van der Waals surface area contributed by atoms with Gasteiger partial charge in [0, 0.05) is 18.2 Å². The summed E-state index contributed by atoms with van der Waals surface area (Å²) in [4.78, 5) is 17.1. The number of fused-ring (bicyclic) bond motifs is 5. The zero-order valence-electron chi connectivity index (χ0n) is 17.3. The fraction of sp³-hybridized carbons (Fsp3) is 0.833. The van der Waals surface area contributed by atoms with Crippen LogP contribution in [-0.2, 0) is 4.79 Å². The van der Waals surface area contributed by atoms with Crippen molar-refractivity contribution in [3.05, 3.63) is 11.6 Å². The van der Waals surface area contributed by atoms with Crippen LogP contribution < -0.4 is 0 Å². The van der Waals surface area contributed by atoms with Gasteiger partial charge < -0.3 is 0 Å². The molecule has 2 heteroatoms. The number of carbonyl (C=O) groups is 1. The van der Waals surface area contributed by atoms with Gasteiger partial charge in [-0.25, -0.2) is 0 Å². The van der Waals surface area contributed by atoms with Crippen molar-refractivity contribution in [1.29, 1.82) is 0 Å². The van der Waals surface area contributed by atoms with E-state index in [0.717, 1.165) is 37.1 Å². The molecule has 4 rings (SSSR count). The molecular weight excluding hydrogens is 318 g/mol. The highest BCUT2D eigenvalue weighted by Gasteiger charge is 2.59. The molecule has 0 aromatic rings. The van der Waals surface area contributed by atoms with Gasteiger partial charge in [-0.05, 0) is 99.4 Å². The summed E-state index contributed by atoms with van der Waals surface area (Å²) in [6.07, 6.45) is 13.7. The van der Waals surface area contributed by atoms with Crippen LogP contribution in [0.3, 0.4) is 0 Å². The number of rotatable bonds is 3. The van der Waals surface area contributed by atoms with Crippen molar-refractivity contribution in [2.24, 2.45) is 39.5 Å². The molecule has 4 aliphatic rings. The third kappa shape index (κ3) is 2.66. The average molecular weight is 356 g/mol. The lowest BCUT2D eigenvalue weighted by Crippen LogP contribution is -2.51. The van der Waals surface area contributed by atoms with Gasteiger partial charge in [0.25, 0.3) is 0 Å². The molecule has 0 radical (unpaired) electrons. The number of carbonyl (C=O) groups excluding carboxylic acids is 1. The quantitative estimate of drug-likeness (QED) is 0.610. The lowest BCUT2D eigenvalue weighted by Gasteiger charge is -2.58. The van der Waals surface area contributed by atoms with Crippen molar-refractivity contribution >= 4 is 11.5 Å². The first-order valence-corrected chi connectivity index (χ1v) is 11.1. The van der Waals surface area contributed by atoms with Crippen LogP contribution in [0.25, 0.3) is 0 Å². The molecule has 144 valence electrons. The number of aliphatic imine (C=N–C) groups is 1. The van der Waals surface area contributed by atoms with Crippen LogP contribution in [0.2, 0.25) is 0 Å². The van der Waals surface area contributed by atoms with Gasteiger partial charge in [-0.2, -0.15) is 0 Å². The third-order valence-corrected chi connectivity index (χ3v) is 9.01. The van der Waals surface area contributed by atoms with Crippen molar-refractivity contribution < 1.29 is 4.79 Å². The van der Waals surface area contributed by atoms with Gasteiger partial charge in [0.15, 0.2) is 0 Å². The zero-order chi connectivity index (χ0) is 18.5. The Morgan fingerprint density at radius 2 is 1.92 bits per heavy atom. The Kier molecular flexibility index (Phi) is 4.68. The van der Waals surface area contributed by atoms with Crippen LogP contribution in [0, 0.1) is 34.5 Å². The number of hydrogen-bond donors (Lipinski definition) is 0. The first-order valence-electron chi connectivity index (χ1n) is 11.1. The summed E-state index contributed by atoms with van der Waals surface area (Å²) in [5, 5.41) is 0. The van der Waals surface area contributed by atoms with Gasteiger partial charge in [-0.1, -0.05) is 26.3 Å². The van der Waals surface area contributed by atoms with Gasteiger partial charge >= 0.3 is 0 Å². The molecule has 3 saturated carbocycles. The predicted molar refractivity (Wildman–Crippen MR) is 108 cm³/mol. The second-order valence-corrected chi connectivity index (χ2v) is 10.2. The number of allylic oxidation sites excluding steroid dienone is 2. The first-order chi connectivity index (χ1) is 12.4. The van der Waals surface area contributed by atoms with E-state index < -0.39 is 0 Å². The van der Waals surface area contributed by atoms with Crippen LogP contribution in [0.15, 0.2) is 16.6 Å². The molecular formula is C24H37NO. The number of hydrogen-bond acceptors (Lipinski definition) is 2. The Morgan fingerprint density at radius 1 is 1.12 bits per heavy atom. The van der Waals surface area contributed by atoms with E-state index in [-0.39, 0.29) is 5.41 Å². The van der Waals surface area contributed by atoms with E-state index in [1.165, 1.54) is 50.7 Å². The first kappa shape index (κ1) is 18.4. The molecule has 0 amide bonds. The van der Waals surface area contributed by atoms with Crippen molar-refractivity contribution in [2.45, 2.75) is 85.5 Å². The monoisotopic (exact) mass is 355 g/mol. The maximum absolute atomic E-state index is 12.3. The minimum atomic E-state index is 0.285. The van der Waals surface area contributed by atoms with Crippen molar-refractivity contribution in [1.82, 2.24) is 0 Å². The van der Waals surface area contributed by atoms with E-state index in [9.17, 15) is 4.79 Å². The Hall–Kier alpha value is -0.920. The van der Waals surface area contributed by atoms with Crippen LogP contribution >= 0.6 is 0 Å². The maximum Gasteiger partial charge on any atom is 0.133 e. The molecule has 0 aromatic carbocycles. The van der Waals surface area contributed by atoms with Gasteiger partial charge in [0.1, 0.15) is 5.78 Å². The van der Waals surface area contributed by atoms with Crippen LogP contribution in [0.5, 0.6) is 0 Å². The maximum atomic E-state index is 12.3. The second kappa shape index (κ2) is 6.60. The fourth-order valence-electron chi connectivity index (χ4n) is 7.62. The summed E-state index contributed by atoms with van der Waals surface area (Å²) in [6, 6.07) is 0. The summed E-state index contributed by atoms with van der Waals surface area (Å²) < 4.78 is 0. The Morgan fingerprint density at radius 3 is 2.65 bits per heavy atom. The van der Waals surface area contributed by atoms with Crippen LogP contribution in [0.1, 0.15) is 85.5 Å². The molecule has 0 heterocycles. The van der Waals surface area contributed by atoms with E-state index in [1.807, 2.05) is 6.92 Å². The molecule has 0 spiro atoms. The van der Waals surface area contributed by atoms with Gasteiger partial charge in [0.05, 0.1) is 0 Å². The summed E-state index contributed by atoms with van der Waals surface area (Å²) in [5.74, 6) is 3.24. The Balaban J connectivity index is 1.60.